The zero-order valence-corrected chi connectivity index (χ0v) is 12.4. The first kappa shape index (κ1) is 15.8. The predicted octanol–water partition coefficient (Wildman–Crippen LogP) is 2.96. The number of alkyl halides is 1. The Morgan fingerprint density at radius 3 is 2.74 bits per heavy atom. The molecule has 0 aromatic heterocycles. The maximum atomic E-state index is 12.0. The molecule has 0 fully saturated rings. The van der Waals surface area contributed by atoms with Crippen LogP contribution in [-0.4, -0.2) is 32.2 Å². The molecule has 0 saturated heterocycles. The first-order valence-corrected chi connectivity index (χ1v) is 6.76. The number of hydrogen-bond acceptors (Lipinski definition) is 3. The lowest BCUT2D eigenvalue weighted by Gasteiger charge is -2.25. The molecule has 106 valence electrons. The maximum absolute atomic E-state index is 12.0. The summed E-state index contributed by atoms with van der Waals surface area (Å²) in [4.78, 5) is 13.5. The zero-order chi connectivity index (χ0) is 14.3. The smallest absolute Gasteiger partial charge is 0.243 e. The largest absolute Gasteiger partial charge is 0.495 e. The third-order valence-electron chi connectivity index (χ3n) is 2.67. The maximum Gasteiger partial charge on any atom is 0.243 e. The molecule has 0 N–H and O–H groups in total. The molecular weight excluding hydrogens is 266 g/mol. The van der Waals surface area contributed by atoms with Crippen LogP contribution in [0.5, 0.6) is 5.75 Å². The van der Waals surface area contributed by atoms with Crippen molar-refractivity contribution in [3.05, 3.63) is 23.8 Å². The van der Waals surface area contributed by atoms with Crippen LogP contribution in [0, 0.1) is 6.92 Å². The van der Waals surface area contributed by atoms with E-state index in [1.807, 2.05) is 32.0 Å². The number of aryl methyl sites for hydroxylation is 1. The number of carbonyl (C=O) groups is 1. The summed E-state index contributed by atoms with van der Waals surface area (Å²) in [5, 5.41) is 0. The Hall–Kier alpha value is -1.26. The van der Waals surface area contributed by atoms with Gasteiger partial charge in [-0.05, 0) is 25.0 Å². The molecule has 0 unspecified atom stereocenters. The van der Waals surface area contributed by atoms with Crippen molar-refractivity contribution in [1.29, 1.82) is 0 Å². The van der Waals surface area contributed by atoms with Crippen LogP contribution in [0.4, 0.5) is 5.69 Å². The van der Waals surface area contributed by atoms with E-state index in [0.29, 0.717) is 18.0 Å². The fourth-order valence-electron chi connectivity index (χ4n) is 1.78. The average molecular weight is 286 g/mol. The van der Waals surface area contributed by atoms with Crippen LogP contribution in [0.1, 0.15) is 18.9 Å². The van der Waals surface area contributed by atoms with Gasteiger partial charge < -0.3 is 9.47 Å². The van der Waals surface area contributed by atoms with Crippen molar-refractivity contribution in [3.8, 4) is 5.75 Å². The first-order chi connectivity index (χ1) is 9.15. The number of carbonyl (C=O) groups excluding carboxylic acids is 1. The van der Waals surface area contributed by atoms with Crippen molar-refractivity contribution in [2.24, 2.45) is 0 Å². The van der Waals surface area contributed by atoms with Gasteiger partial charge in [0, 0.05) is 6.61 Å². The summed E-state index contributed by atoms with van der Waals surface area (Å²) in [5.41, 5.74) is 1.66. The number of amides is 1. The lowest BCUT2D eigenvalue weighted by atomic mass is 10.1. The number of rotatable bonds is 7. The molecule has 1 aromatic carbocycles. The molecule has 5 heteroatoms. The van der Waals surface area contributed by atoms with Gasteiger partial charge in [-0.15, -0.1) is 11.6 Å². The highest BCUT2D eigenvalue weighted by Crippen LogP contribution is 2.31. The molecule has 0 atom stereocenters. The quantitative estimate of drug-likeness (QED) is 0.439. The van der Waals surface area contributed by atoms with Crippen molar-refractivity contribution >= 4 is 23.2 Å². The Labute approximate surface area is 119 Å². The molecule has 0 heterocycles. The van der Waals surface area contributed by atoms with Gasteiger partial charge in [-0.25, -0.2) is 0 Å². The Balaban J connectivity index is 3.05. The molecule has 0 aliphatic carbocycles. The van der Waals surface area contributed by atoms with Crippen molar-refractivity contribution in [2.75, 3.05) is 31.2 Å². The number of anilines is 1. The lowest BCUT2D eigenvalue weighted by molar-refractivity contribution is -0.117. The van der Waals surface area contributed by atoms with E-state index in [1.54, 1.807) is 7.11 Å². The molecule has 0 aliphatic heterocycles. The molecule has 1 amide bonds. The summed E-state index contributed by atoms with van der Waals surface area (Å²) in [5.74, 6) is 0.344. The van der Waals surface area contributed by atoms with Crippen LogP contribution in [0.3, 0.4) is 0 Å². The number of para-hydroxylation sites is 1. The standard InChI is InChI=1S/C14H20ClNO3/c1-4-8-19-10-16(13(17)9-15)14-11(2)6-5-7-12(14)18-3/h5-7H,4,8-10H2,1-3H3. The van der Waals surface area contributed by atoms with E-state index in [4.69, 9.17) is 21.1 Å². The molecule has 0 bridgehead atoms. The van der Waals surface area contributed by atoms with Gasteiger partial charge in [0.1, 0.15) is 18.4 Å². The van der Waals surface area contributed by atoms with E-state index in [1.165, 1.54) is 4.90 Å². The highest BCUT2D eigenvalue weighted by atomic mass is 35.5. The molecule has 4 nitrogen and oxygen atoms in total. The number of nitrogens with zero attached hydrogens (tertiary/aromatic N) is 1. The Morgan fingerprint density at radius 1 is 1.42 bits per heavy atom. The second-order valence-electron chi connectivity index (χ2n) is 4.12. The van der Waals surface area contributed by atoms with Crippen LogP contribution in [-0.2, 0) is 9.53 Å². The topological polar surface area (TPSA) is 38.8 Å². The fourth-order valence-corrected chi connectivity index (χ4v) is 1.92. The third-order valence-corrected chi connectivity index (χ3v) is 2.90. The van der Waals surface area contributed by atoms with Crippen LogP contribution >= 0.6 is 11.6 Å². The van der Waals surface area contributed by atoms with E-state index in [2.05, 4.69) is 0 Å². The van der Waals surface area contributed by atoms with Crippen LogP contribution in [0.2, 0.25) is 0 Å². The number of ether oxygens (including phenoxy) is 2. The minimum atomic E-state index is -0.203. The normalized spacial score (nSPS) is 10.3. The van der Waals surface area contributed by atoms with Crippen molar-refractivity contribution in [1.82, 2.24) is 0 Å². The van der Waals surface area contributed by atoms with E-state index in [0.717, 1.165) is 12.0 Å². The number of methoxy groups -OCH3 is 1. The second kappa shape index (κ2) is 8.02. The first-order valence-electron chi connectivity index (χ1n) is 6.23. The summed E-state index contributed by atoms with van der Waals surface area (Å²) < 4.78 is 10.8. The number of halogens is 1. The molecule has 0 spiro atoms. The number of hydrogen-bond donors (Lipinski definition) is 0. The molecule has 0 aliphatic rings. The van der Waals surface area contributed by atoms with Crippen molar-refractivity contribution in [3.63, 3.8) is 0 Å². The molecule has 1 aromatic rings. The molecular formula is C14H20ClNO3. The Kier molecular flexibility index (Phi) is 6.67. The van der Waals surface area contributed by atoms with Crippen molar-refractivity contribution in [2.45, 2.75) is 20.3 Å². The highest BCUT2D eigenvalue weighted by molar-refractivity contribution is 6.29. The second-order valence-corrected chi connectivity index (χ2v) is 4.39. The van der Waals surface area contributed by atoms with E-state index < -0.39 is 0 Å². The molecule has 0 saturated carbocycles. The third kappa shape index (κ3) is 4.11. The van der Waals surface area contributed by atoms with E-state index >= 15 is 0 Å². The number of benzene rings is 1. The summed E-state index contributed by atoms with van der Waals surface area (Å²) in [6.07, 6.45) is 0.897. The predicted molar refractivity (Wildman–Crippen MR) is 77.0 cm³/mol. The highest BCUT2D eigenvalue weighted by Gasteiger charge is 2.20. The Bertz CT molecular complexity index is 423. The lowest BCUT2D eigenvalue weighted by Crippen LogP contribution is -2.35. The fraction of sp³-hybridized carbons (Fsp3) is 0.500. The summed E-state index contributed by atoms with van der Waals surface area (Å²) in [6, 6.07) is 5.62. The van der Waals surface area contributed by atoms with E-state index in [9.17, 15) is 4.79 Å². The molecule has 19 heavy (non-hydrogen) atoms. The summed E-state index contributed by atoms with van der Waals surface area (Å²) in [7, 11) is 1.58. The average Bonchev–Trinajstić information content (AvgIpc) is 2.43. The summed E-state index contributed by atoms with van der Waals surface area (Å²) in [6.45, 7) is 4.72. The SMILES string of the molecule is CCCOCN(C(=O)CCl)c1c(C)cccc1OC. The van der Waals surface area contributed by atoms with E-state index in [-0.39, 0.29) is 18.5 Å². The molecule has 0 radical (unpaired) electrons. The summed E-state index contributed by atoms with van der Waals surface area (Å²) >= 11 is 5.67. The van der Waals surface area contributed by atoms with Gasteiger partial charge in [-0.1, -0.05) is 19.1 Å². The van der Waals surface area contributed by atoms with Gasteiger partial charge in [0.05, 0.1) is 12.8 Å². The van der Waals surface area contributed by atoms with Gasteiger partial charge in [-0.3, -0.25) is 9.69 Å². The minimum absolute atomic E-state index is 0.0903. The van der Waals surface area contributed by atoms with Crippen molar-refractivity contribution < 1.29 is 14.3 Å². The van der Waals surface area contributed by atoms with Gasteiger partial charge in [0.2, 0.25) is 5.91 Å². The Morgan fingerprint density at radius 2 is 2.16 bits per heavy atom. The monoisotopic (exact) mass is 285 g/mol. The molecule has 1 rings (SSSR count). The minimum Gasteiger partial charge on any atom is -0.495 e. The zero-order valence-electron chi connectivity index (χ0n) is 11.6. The van der Waals surface area contributed by atoms with Crippen LogP contribution in [0.15, 0.2) is 18.2 Å². The van der Waals surface area contributed by atoms with Gasteiger partial charge >= 0.3 is 0 Å². The van der Waals surface area contributed by atoms with Gasteiger partial charge in [0.15, 0.2) is 0 Å². The van der Waals surface area contributed by atoms with Crippen LogP contribution in [0.25, 0.3) is 0 Å². The van der Waals surface area contributed by atoms with Gasteiger partial charge in [-0.2, -0.15) is 0 Å². The van der Waals surface area contributed by atoms with Gasteiger partial charge in [0.25, 0.3) is 0 Å². The van der Waals surface area contributed by atoms with Crippen LogP contribution < -0.4 is 9.64 Å².